The molecule has 2 heteroatoms. The Morgan fingerprint density at radius 2 is 1.72 bits per heavy atom. The van der Waals surface area contributed by atoms with Crippen molar-refractivity contribution in [2.24, 2.45) is 0 Å². The lowest BCUT2D eigenvalue weighted by molar-refractivity contribution is 0.106. The van der Waals surface area contributed by atoms with E-state index < -0.39 is 0 Å². The maximum atomic E-state index is 6.23. The summed E-state index contributed by atoms with van der Waals surface area (Å²) >= 11 is 0. The summed E-state index contributed by atoms with van der Waals surface area (Å²) in [5.74, 6) is 1.04. The van der Waals surface area contributed by atoms with Gasteiger partial charge in [0.25, 0.3) is 0 Å². The molecular weight excluding hydrogens is 222 g/mol. The summed E-state index contributed by atoms with van der Waals surface area (Å²) in [4.78, 5) is 0. The van der Waals surface area contributed by atoms with Crippen LogP contribution in [0.3, 0.4) is 0 Å². The van der Waals surface area contributed by atoms with E-state index in [4.69, 9.17) is 4.74 Å². The fraction of sp³-hybridized carbons (Fsp3) is 0.625. The lowest BCUT2D eigenvalue weighted by Gasteiger charge is -2.29. The second-order valence-corrected chi connectivity index (χ2v) is 5.69. The van der Waals surface area contributed by atoms with Crippen molar-refractivity contribution < 1.29 is 4.74 Å². The zero-order chi connectivity index (χ0) is 13.8. The van der Waals surface area contributed by atoms with Crippen molar-refractivity contribution in [3.63, 3.8) is 0 Å². The van der Waals surface area contributed by atoms with E-state index in [-0.39, 0.29) is 5.60 Å². The van der Waals surface area contributed by atoms with Crippen LogP contribution in [0, 0.1) is 20.8 Å². The van der Waals surface area contributed by atoms with Crippen LogP contribution in [0.4, 0.5) is 0 Å². The Hall–Kier alpha value is -1.02. The van der Waals surface area contributed by atoms with Crippen molar-refractivity contribution in [1.29, 1.82) is 0 Å². The van der Waals surface area contributed by atoms with Crippen LogP contribution in [-0.2, 0) is 0 Å². The summed E-state index contributed by atoms with van der Waals surface area (Å²) in [6, 6.07) is 4.28. The normalized spacial score (nSPS) is 11.7. The van der Waals surface area contributed by atoms with Crippen LogP contribution in [0.15, 0.2) is 12.1 Å². The van der Waals surface area contributed by atoms with Crippen LogP contribution in [-0.4, -0.2) is 18.7 Å². The second kappa shape index (κ2) is 6.24. The number of ether oxygens (including phenoxy) is 1. The van der Waals surface area contributed by atoms with Crippen LogP contribution < -0.4 is 10.1 Å². The molecule has 0 radical (unpaired) electrons. The summed E-state index contributed by atoms with van der Waals surface area (Å²) in [5, 5.41) is 3.42. The van der Waals surface area contributed by atoms with Crippen LogP contribution in [0.5, 0.6) is 5.75 Å². The quantitative estimate of drug-likeness (QED) is 0.775. The third-order valence-electron chi connectivity index (χ3n) is 3.23. The molecule has 102 valence electrons. The molecule has 0 aliphatic carbocycles. The van der Waals surface area contributed by atoms with E-state index in [1.807, 2.05) is 0 Å². The fourth-order valence-electron chi connectivity index (χ4n) is 1.96. The van der Waals surface area contributed by atoms with E-state index in [1.165, 1.54) is 16.7 Å². The molecule has 1 aromatic carbocycles. The highest BCUT2D eigenvalue weighted by Crippen LogP contribution is 2.29. The highest BCUT2D eigenvalue weighted by atomic mass is 16.5. The van der Waals surface area contributed by atoms with Gasteiger partial charge in [-0.15, -0.1) is 0 Å². The van der Waals surface area contributed by atoms with Gasteiger partial charge in [-0.3, -0.25) is 0 Å². The molecule has 0 fully saturated rings. The van der Waals surface area contributed by atoms with Gasteiger partial charge in [-0.25, -0.2) is 0 Å². The molecule has 1 aromatic rings. The minimum absolute atomic E-state index is 0.182. The fourth-order valence-corrected chi connectivity index (χ4v) is 1.96. The van der Waals surface area contributed by atoms with Crippen molar-refractivity contribution in [3.05, 3.63) is 28.8 Å². The van der Waals surface area contributed by atoms with Gasteiger partial charge >= 0.3 is 0 Å². The van der Waals surface area contributed by atoms with Gasteiger partial charge in [-0.1, -0.05) is 19.1 Å². The maximum absolute atomic E-state index is 6.23. The Labute approximate surface area is 112 Å². The van der Waals surface area contributed by atoms with Gasteiger partial charge in [0.05, 0.1) is 0 Å². The van der Waals surface area contributed by atoms with Crippen molar-refractivity contribution in [2.75, 3.05) is 13.1 Å². The number of hydrogen-bond donors (Lipinski definition) is 1. The molecule has 0 aliphatic heterocycles. The lowest BCUT2D eigenvalue weighted by atomic mass is 10.0. The van der Waals surface area contributed by atoms with Gasteiger partial charge in [-0.2, -0.15) is 0 Å². The first-order valence-corrected chi connectivity index (χ1v) is 6.84. The van der Waals surface area contributed by atoms with Gasteiger partial charge in [0, 0.05) is 6.54 Å². The first kappa shape index (κ1) is 15.0. The molecule has 0 unspecified atom stereocenters. The van der Waals surface area contributed by atoms with Gasteiger partial charge in [0.2, 0.25) is 0 Å². The van der Waals surface area contributed by atoms with Crippen LogP contribution in [0.1, 0.15) is 43.9 Å². The highest BCUT2D eigenvalue weighted by molar-refractivity contribution is 5.44. The van der Waals surface area contributed by atoms with E-state index in [1.54, 1.807) is 0 Å². The number of hydrogen-bond acceptors (Lipinski definition) is 2. The predicted octanol–water partition coefficient (Wildman–Crippen LogP) is 3.77. The van der Waals surface area contributed by atoms with Crippen LogP contribution >= 0.6 is 0 Å². The SMILES string of the molecule is CCCNCC(C)(C)Oc1c(C)ccc(C)c1C. The predicted molar refractivity (Wildman–Crippen MR) is 78.5 cm³/mol. The largest absolute Gasteiger partial charge is 0.486 e. The zero-order valence-corrected chi connectivity index (χ0v) is 12.7. The molecule has 0 spiro atoms. The van der Waals surface area contributed by atoms with E-state index in [9.17, 15) is 0 Å². The number of aryl methyl sites for hydroxylation is 2. The Bertz CT molecular complexity index is 396. The van der Waals surface area contributed by atoms with Crippen LogP contribution in [0.25, 0.3) is 0 Å². The average molecular weight is 249 g/mol. The maximum Gasteiger partial charge on any atom is 0.126 e. The zero-order valence-electron chi connectivity index (χ0n) is 12.7. The molecule has 0 heterocycles. The molecule has 0 atom stereocenters. The highest BCUT2D eigenvalue weighted by Gasteiger charge is 2.21. The minimum atomic E-state index is -0.182. The third kappa shape index (κ3) is 4.02. The topological polar surface area (TPSA) is 21.3 Å². The summed E-state index contributed by atoms with van der Waals surface area (Å²) in [7, 11) is 0. The summed E-state index contributed by atoms with van der Waals surface area (Å²) < 4.78 is 6.23. The van der Waals surface area contributed by atoms with E-state index in [0.717, 1.165) is 25.3 Å². The molecule has 0 saturated carbocycles. The number of nitrogens with one attached hydrogen (secondary N) is 1. The Morgan fingerprint density at radius 1 is 1.11 bits per heavy atom. The van der Waals surface area contributed by atoms with Gasteiger partial charge < -0.3 is 10.1 Å². The van der Waals surface area contributed by atoms with Crippen molar-refractivity contribution >= 4 is 0 Å². The molecule has 1 N–H and O–H groups in total. The van der Waals surface area contributed by atoms with Crippen molar-refractivity contribution in [1.82, 2.24) is 5.32 Å². The van der Waals surface area contributed by atoms with Crippen molar-refractivity contribution in [3.8, 4) is 5.75 Å². The molecule has 0 amide bonds. The first-order chi connectivity index (χ1) is 8.37. The Kier molecular flexibility index (Phi) is 5.21. The van der Waals surface area contributed by atoms with Crippen molar-refractivity contribution in [2.45, 2.75) is 53.6 Å². The summed E-state index contributed by atoms with van der Waals surface area (Å²) in [6.07, 6.45) is 1.15. The average Bonchev–Trinajstić information content (AvgIpc) is 2.30. The smallest absolute Gasteiger partial charge is 0.126 e. The second-order valence-electron chi connectivity index (χ2n) is 5.69. The molecule has 0 bridgehead atoms. The first-order valence-electron chi connectivity index (χ1n) is 6.84. The van der Waals surface area contributed by atoms with Crippen LogP contribution in [0.2, 0.25) is 0 Å². The van der Waals surface area contributed by atoms with E-state index in [2.05, 4.69) is 59.0 Å². The van der Waals surface area contributed by atoms with Gasteiger partial charge in [0.15, 0.2) is 0 Å². The van der Waals surface area contributed by atoms with E-state index >= 15 is 0 Å². The molecule has 0 aliphatic rings. The standard InChI is InChI=1S/C16H27NO/c1-7-10-17-11-16(5,6)18-15-13(3)9-8-12(2)14(15)4/h8-9,17H,7,10-11H2,1-6H3. The summed E-state index contributed by atoms with van der Waals surface area (Å²) in [5.41, 5.74) is 3.56. The molecule has 2 nitrogen and oxygen atoms in total. The molecule has 0 aromatic heterocycles. The molecule has 1 rings (SSSR count). The molecule has 18 heavy (non-hydrogen) atoms. The monoisotopic (exact) mass is 249 g/mol. The lowest BCUT2D eigenvalue weighted by Crippen LogP contribution is -2.40. The third-order valence-corrected chi connectivity index (χ3v) is 3.23. The molecule has 0 saturated heterocycles. The minimum Gasteiger partial charge on any atom is -0.486 e. The van der Waals surface area contributed by atoms with Gasteiger partial charge in [-0.05, 0) is 64.3 Å². The number of benzene rings is 1. The van der Waals surface area contributed by atoms with E-state index in [0.29, 0.717) is 0 Å². The Balaban J connectivity index is 2.80. The summed E-state index contributed by atoms with van der Waals surface area (Å²) in [6.45, 7) is 14.7. The number of rotatable bonds is 6. The molecular formula is C16H27NO. The van der Waals surface area contributed by atoms with Gasteiger partial charge in [0.1, 0.15) is 11.4 Å². The Morgan fingerprint density at radius 3 is 2.33 bits per heavy atom.